The molecule has 0 spiro atoms. The Hall–Kier alpha value is -1.94. The highest BCUT2D eigenvalue weighted by Crippen LogP contribution is 2.12. The molecule has 2 unspecified atom stereocenters. The first-order chi connectivity index (χ1) is 10.6. The second-order valence-corrected chi connectivity index (χ2v) is 5.33. The van der Waals surface area contributed by atoms with E-state index in [0.29, 0.717) is 0 Å². The van der Waals surface area contributed by atoms with Crippen molar-refractivity contribution in [1.82, 2.24) is 0 Å². The Bertz CT molecular complexity index is 487. The van der Waals surface area contributed by atoms with Crippen molar-refractivity contribution in [2.45, 2.75) is 77.4 Å². The van der Waals surface area contributed by atoms with Gasteiger partial charge in [-0.05, 0) is 25.2 Å². The largest absolute Gasteiger partial charge is 0.448 e. The molecule has 0 aliphatic carbocycles. The molecule has 0 aromatic rings. The molecular weight excluding hydrogens is 280 g/mol. The molecule has 2 atom stereocenters. The average molecular weight is 304 g/mol. The van der Waals surface area contributed by atoms with Crippen LogP contribution in [0.4, 0.5) is 0 Å². The van der Waals surface area contributed by atoms with Crippen LogP contribution in [0.5, 0.6) is 0 Å². The summed E-state index contributed by atoms with van der Waals surface area (Å²) in [6.07, 6.45) is 6.69. The molecule has 0 saturated carbocycles. The quantitative estimate of drug-likeness (QED) is 0.412. The summed E-state index contributed by atoms with van der Waals surface area (Å²) in [4.78, 5) is 22.7. The van der Waals surface area contributed by atoms with Crippen molar-refractivity contribution >= 4 is 11.9 Å². The van der Waals surface area contributed by atoms with Gasteiger partial charge in [-0.1, -0.05) is 50.9 Å². The fourth-order valence-electron chi connectivity index (χ4n) is 2.00. The van der Waals surface area contributed by atoms with Crippen molar-refractivity contribution < 1.29 is 19.1 Å². The van der Waals surface area contributed by atoms with Crippen molar-refractivity contribution in [2.75, 3.05) is 0 Å². The smallest absolute Gasteiger partial charge is 0.349 e. The van der Waals surface area contributed by atoms with Crippen molar-refractivity contribution in [1.29, 1.82) is 0 Å². The van der Waals surface area contributed by atoms with E-state index in [4.69, 9.17) is 9.47 Å². The number of esters is 2. The van der Waals surface area contributed by atoms with E-state index in [1.54, 1.807) is 0 Å². The third-order valence-electron chi connectivity index (χ3n) is 3.33. The maximum absolute atomic E-state index is 11.5. The zero-order valence-corrected chi connectivity index (χ0v) is 13.4. The molecular formula is C18H24O4. The Labute approximate surface area is 132 Å². The Morgan fingerprint density at radius 1 is 0.909 bits per heavy atom. The second kappa shape index (κ2) is 10.7. The van der Waals surface area contributed by atoms with Crippen LogP contribution in [0.3, 0.4) is 0 Å². The van der Waals surface area contributed by atoms with Gasteiger partial charge in [0.15, 0.2) is 6.10 Å². The van der Waals surface area contributed by atoms with Crippen LogP contribution in [0, 0.1) is 23.7 Å². The summed E-state index contributed by atoms with van der Waals surface area (Å²) in [7, 11) is 0. The van der Waals surface area contributed by atoms with E-state index in [2.05, 4.69) is 30.6 Å². The number of ether oxygens (including phenoxy) is 2. The molecule has 4 heteroatoms. The first-order valence-corrected chi connectivity index (χ1v) is 8.02. The van der Waals surface area contributed by atoms with Crippen LogP contribution in [0.15, 0.2) is 0 Å². The average Bonchev–Trinajstić information content (AvgIpc) is 2.49. The van der Waals surface area contributed by atoms with Crippen molar-refractivity contribution in [3.05, 3.63) is 0 Å². The van der Waals surface area contributed by atoms with Crippen LogP contribution in [0.2, 0.25) is 0 Å². The molecule has 0 bridgehead atoms. The van der Waals surface area contributed by atoms with Gasteiger partial charge in [0.05, 0.1) is 6.42 Å². The number of unbranched alkanes of at least 4 members (excludes halogenated alkanes) is 6. The van der Waals surface area contributed by atoms with Crippen LogP contribution in [-0.4, -0.2) is 24.1 Å². The van der Waals surface area contributed by atoms with Gasteiger partial charge in [-0.3, -0.25) is 0 Å². The minimum Gasteiger partial charge on any atom is -0.448 e. The van der Waals surface area contributed by atoms with Gasteiger partial charge in [0.2, 0.25) is 6.10 Å². The topological polar surface area (TPSA) is 52.6 Å². The van der Waals surface area contributed by atoms with Gasteiger partial charge >= 0.3 is 11.9 Å². The zero-order chi connectivity index (χ0) is 16.2. The molecule has 0 amide bonds. The first-order valence-electron chi connectivity index (χ1n) is 8.02. The highest BCUT2D eigenvalue weighted by Gasteiger charge is 2.34. The lowest BCUT2D eigenvalue weighted by Crippen LogP contribution is -2.42. The third-order valence-corrected chi connectivity index (χ3v) is 3.33. The number of hydrogen-bond acceptors (Lipinski definition) is 4. The molecule has 1 saturated heterocycles. The van der Waals surface area contributed by atoms with E-state index in [9.17, 15) is 9.59 Å². The van der Waals surface area contributed by atoms with Crippen molar-refractivity contribution in [3.63, 3.8) is 0 Å². The van der Waals surface area contributed by atoms with Gasteiger partial charge in [-0.15, -0.1) is 0 Å². The fourth-order valence-corrected chi connectivity index (χ4v) is 2.00. The van der Waals surface area contributed by atoms with Crippen molar-refractivity contribution in [3.8, 4) is 23.7 Å². The maximum atomic E-state index is 11.5. The van der Waals surface area contributed by atoms with E-state index < -0.39 is 24.1 Å². The summed E-state index contributed by atoms with van der Waals surface area (Å²) in [5.41, 5.74) is 0. The van der Waals surface area contributed by atoms with Crippen LogP contribution in [-0.2, 0) is 19.1 Å². The van der Waals surface area contributed by atoms with Crippen LogP contribution >= 0.6 is 0 Å². The number of hydrogen-bond donors (Lipinski definition) is 0. The Kier molecular flexibility index (Phi) is 8.84. The van der Waals surface area contributed by atoms with Gasteiger partial charge in [0.25, 0.3) is 0 Å². The predicted octanol–water partition coefficient (Wildman–Crippen LogP) is 2.99. The molecule has 0 radical (unpaired) electrons. The zero-order valence-electron chi connectivity index (χ0n) is 13.4. The molecule has 22 heavy (non-hydrogen) atoms. The summed E-state index contributed by atoms with van der Waals surface area (Å²) in [5.74, 6) is 10.1. The molecule has 1 fully saturated rings. The molecule has 0 aromatic carbocycles. The molecule has 1 aliphatic rings. The number of cyclic esters (lactones) is 2. The molecule has 1 rings (SSSR count). The van der Waals surface area contributed by atoms with E-state index in [-0.39, 0.29) is 6.42 Å². The molecule has 120 valence electrons. The first kappa shape index (κ1) is 18.1. The van der Waals surface area contributed by atoms with Crippen LogP contribution in [0.1, 0.15) is 65.2 Å². The van der Waals surface area contributed by atoms with Gasteiger partial charge in [0.1, 0.15) is 0 Å². The highest BCUT2D eigenvalue weighted by atomic mass is 16.6. The van der Waals surface area contributed by atoms with Gasteiger partial charge in [0, 0.05) is 6.42 Å². The maximum Gasteiger partial charge on any atom is 0.349 e. The summed E-state index contributed by atoms with van der Waals surface area (Å²) < 4.78 is 9.78. The molecule has 4 nitrogen and oxygen atoms in total. The summed E-state index contributed by atoms with van der Waals surface area (Å²) in [6, 6.07) is 0. The number of carbonyl (C=O) groups excluding carboxylic acids is 2. The normalized spacial score (nSPS) is 20.1. The standard InChI is InChI=1S/C18H24O4/c1-3-4-5-6-7-8-9-10-11-12-13-14-16-18(20)21-15(2)17(19)22-16/h15-16H,3-9,14H2,1-2H3. The van der Waals surface area contributed by atoms with Gasteiger partial charge < -0.3 is 9.47 Å². The van der Waals surface area contributed by atoms with Crippen LogP contribution < -0.4 is 0 Å². The minimum atomic E-state index is -0.920. The third kappa shape index (κ3) is 7.18. The van der Waals surface area contributed by atoms with Gasteiger partial charge in [-0.25, -0.2) is 9.59 Å². The van der Waals surface area contributed by atoms with E-state index >= 15 is 0 Å². The van der Waals surface area contributed by atoms with Crippen molar-refractivity contribution in [2.24, 2.45) is 0 Å². The molecule has 0 aromatic heterocycles. The van der Waals surface area contributed by atoms with Gasteiger partial charge in [-0.2, -0.15) is 0 Å². The Balaban J connectivity index is 2.16. The lowest BCUT2D eigenvalue weighted by molar-refractivity contribution is -0.192. The monoisotopic (exact) mass is 304 g/mol. The fraction of sp³-hybridized carbons (Fsp3) is 0.667. The molecule has 1 aliphatic heterocycles. The molecule has 1 heterocycles. The Morgan fingerprint density at radius 3 is 2.36 bits per heavy atom. The summed E-state index contributed by atoms with van der Waals surface area (Å²) >= 11 is 0. The lowest BCUT2D eigenvalue weighted by atomic mass is 10.1. The number of carbonyl (C=O) groups is 2. The van der Waals surface area contributed by atoms with E-state index in [1.807, 2.05) is 0 Å². The second-order valence-electron chi connectivity index (χ2n) is 5.33. The summed E-state index contributed by atoms with van der Waals surface area (Å²) in [5, 5.41) is 0. The Morgan fingerprint density at radius 2 is 1.59 bits per heavy atom. The lowest BCUT2D eigenvalue weighted by Gasteiger charge is -2.23. The number of rotatable bonds is 7. The van der Waals surface area contributed by atoms with E-state index in [0.717, 1.165) is 12.8 Å². The predicted molar refractivity (Wildman–Crippen MR) is 83.6 cm³/mol. The minimum absolute atomic E-state index is 0.128. The SMILES string of the molecule is CCCCCCCCC#CC#CCC1OC(=O)C(C)OC1=O. The van der Waals surface area contributed by atoms with Crippen LogP contribution in [0.25, 0.3) is 0 Å². The van der Waals surface area contributed by atoms with E-state index in [1.165, 1.54) is 39.0 Å². The molecule has 0 N–H and O–H groups in total. The summed E-state index contributed by atoms with van der Waals surface area (Å²) in [6.45, 7) is 3.69. The highest BCUT2D eigenvalue weighted by molar-refractivity contribution is 5.87.